The Morgan fingerprint density at radius 3 is 2.75 bits per heavy atom. The molecule has 1 aliphatic heterocycles. The number of halogens is 1. The summed E-state index contributed by atoms with van der Waals surface area (Å²) in [6.45, 7) is 5.06. The summed E-state index contributed by atoms with van der Waals surface area (Å²) in [5.74, 6) is 0. The minimum Gasteiger partial charge on any atom is -0.365 e. The third kappa shape index (κ3) is 1.29. The van der Waals surface area contributed by atoms with Crippen LogP contribution in [0.15, 0.2) is 22.7 Å². The Morgan fingerprint density at radius 2 is 2.17 bits per heavy atom. The van der Waals surface area contributed by atoms with Gasteiger partial charge in [-0.2, -0.15) is 0 Å². The van der Waals surface area contributed by atoms with Gasteiger partial charge in [0.1, 0.15) is 5.60 Å². The summed E-state index contributed by atoms with van der Waals surface area (Å²) < 4.78 is 6.53. The molecule has 0 spiro atoms. The van der Waals surface area contributed by atoms with Gasteiger partial charge < -0.3 is 4.74 Å². The Labute approximate surface area is 80.9 Å². The van der Waals surface area contributed by atoms with E-state index >= 15 is 0 Å². The van der Waals surface area contributed by atoms with Crippen LogP contribution in [0.3, 0.4) is 0 Å². The molecule has 0 aliphatic carbocycles. The highest BCUT2D eigenvalue weighted by Crippen LogP contribution is 2.41. The summed E-state index contributed by atoms with van der Waals surface area (Å²) in [5.41, 5.74) is 2.53. The Hall–Kier alpha value is -0.340. The highest BCUT2D eigenvalue weighted by atomic mass is 79.9. The molecule has 1 saturated heterocycles. The molecule has 1 aromatic carbocycles. The van der Waals surface area contributed by atoms with Gasteiger partial charge >= 0.3 is 0 Å². The molecule has 1 atom stereocenters. The summed E-state index contributed by atoms with van der Waals surface area (Å²) in [5, 5.41) is 0. The van der Waals surface area contributed by atoms with E-state index in [-0.39, 0.29) is 5.60 Å². The molecule has 0 N–H and O–H groups in total. The second-order valence-electron chi connectivity index (χ2n) is 3.50. The SMILES string of the molecule is Cc1ccc(Br)c(C2(C)CO2)c1. The molecule has 0 radical (unpaired) electrons. The molecular formula is C10H11BrO. The molecule has 0 aromatic heterocycles. The van der Waals surface area contributed by atoms with Gasteiger partial charge in [0, 0.05) is 10.0 Å². The van der Waals surface area contributed by atoms with Crippen LogP contribution in [-0.4, -0.2) is 6.61 Å². The molecule has 0 saturated carbocycles. The van der Waals surface area contributed by atoms with Gasteiger partial charge in [0.2, 0.25) is 0 Å². The molecule has 1 aromatic rings. The molecular weight excluding hydrogens is 216 g/mol. The Bertz CT molecular complexity index is 316. The average molecular weight is 227 g/mol. The van der Waals surface area contributed by atoms with Gasteiger partial charge in [0.05, 0.1) is 6.61 Å². The lowest BCUT2D eigenvalue weighted by Crippen LogP contribution is -2.03. The molecule has 12 heavy (non-hydrogen) atoms. The van der Waals surface area contributed by atoms with Crippen LogP contribution in [0.1, 0.15) is 18.1 Å². The lowest BCUT2D eigenvalue weighted by molar-refractivity contribution is 0.328. The average Bonchev–Trinajstić information content (AvgIpc) is 2.75. The van der Waals surface area contributed by atoms with Gasteiger partial charge in [-0.15, -0.1) is 0 Å². The minimum atomic E-state index is -0.0230. The number of rotatable bonds is 1. The third-order valence-electron chi connectivity index (χ3n) is 2.27. The highest BCUT2D eigenvalue weighted by Gasteiger charge is 2.42. The van der Waals surface area contributed by atoms with Crippen LogP contribution in [0.25, 0.3) is 0 Å². The van der Waals surface area contributed by atoms with Crippen LogP contribution >= 0.6 is 15.9 Å². The quantitative estimate of drug-likeness (QED) is 0.672. The predicted molar refractivity (Wildman–Crippen MR) is 52.2 cm³/mol. The predicted octanol–water partition coefficient (Wildman–Crippen LogP) is 3.00. The van der Waals surface area contributed by atoms with Crippen molar-refractivity contribution >= 4 is 15.9 Å². The maximum atomic E-state index is 5.39. The first kappa shape index (κ1) is 8.27. The Balaban J connectivity index is 2.48. The van der Waals surface area contributed by atoms with E-state index < -0.39 is 0 Å². The molecule has 0 amide bonds. The lowest BCUT2D eigenvalue weighted by Gasteiger charge is -2.08. The van der Waals surface area contributed by atoms with Crippen molar-refractivity contribution in [2.24, 2.45) is 0 Å². The normalized spacial score (nSPS) is 27.2. The summed E-state index contributed by atoms with van der Waals surface area (Å²) in [6, 6.07) is 6.36. The van der Waals surface area contributed by atoms with Crippen molar-refractivity contribution in [3.05, 3.63) is 33.8 Å². The summed E-state index contributed by atoms with van der Waals surface area (Å²) >= 11 is 3.53. The van der Waals surface area contributed by atoms with Crippen molar-refractivity contribution in [1.82, 2.24) is 0 Å². The first-order chi connectivity index (χ1) is 5.62. The van der Waals surface area contributed by atoms with Crippen molar-refractivity contribution in [2.45, 2.75) is 19.4 Å². The Morgan fingerprint density at radius 1 is 1.50 bits per heavy atom. The van der Waals surface area contributed by atoms with Crippen molar-refractivity contribution < 1.29 is 4.74 Å². The second-order valence-corrected chi connectivity index (χ2v) is 4.36. The van der Waals surface area contributed by atoms with Crippen LogP contribution in [0, 0.1) is 6.92 Å². The fraction of sp³-hybridized carbons (Fsp3) is 0.400. The summed E-state index contributed by atoms with van der Waals surface area (Å²) in [6.07, 6.45) is 0. The fourth-order valence-corrected chi connectivity index (χ4v) is 1.97. The third-order valence-corrected chi connectivity index (χ3v) is 2.96. The van der Waals surface area contributed by atoms with Crippen molar-refractivity contribution in [2.75, 3.05) is 6.61 Å². The van der Waals surface area contributed by atoms with Crippen molar-refractivity contribution in [3.8, 4) is 0 Å². The van der Waals surface area contributed by atoms with Crippen molar-refractivity contribution in [1.29, 1.82) is 0 Å². The zero-order valence-electron chi connectivity index (χ0n) is 7.23. The number of epoxide rings is 1. The molecule has 1 heterocycles. The van der Waals surface area contributed by atoms with E-state index in [0.717, 1.165) is 11.1 Å². The standard InChI is InChI=1S/C10H11BrO/c1-7-3-4-9(11)8(5-7)10(2)6-12-10/h3-5H,6H2,1-2H3. The topological polar surface area (TPSA) is 12.5 Å². The lowest BCUT2D eigenvalue weighted by atomic mass is 10.0. The smallest absolute Gasteiger partial charge is 0.115 e. The zero-order valence-corrected chi connectivity index (χ0v) is 8.81. The van der Waals surface area contributed by atoms with E-state index in [2.05, 4.69) is 48.0 Å². The first-order valence-corrected chi connectivity index (χ1v) is 4.82. The van der Waals surface area contributed by atoms with Gasteiger partial charge in [-0.3, -0.25) is 0 Å². The minimum absolute atomic E-state index is 0.0230. The van der Waals surface area contributed by atoms with Gasteiger partial charge in [-0.1, -0.05) is 33.6 Å². The molecule has 64 valence electrons. The molecule has 2 heteroatoms. The molecule has 2 rings (SSSR count). The monoisotopic (exact) mass is 226 g/mol. The van der Waals surface area contributed by atoms with Gasteiger partial charge in [-0.05, 0) is 19.9 Å². The molecule has 1 nitrogen and oxygen atoms in total. The molecule has 1 fully saturated rings. The van der Waals surface area contributed by atoms with Crippen LogP contribution in [0.4, 0.5) is 0 Å². The van der Waals surface area contributed by atoms with E-state index in [1.54, 1.807) is 0 Å². The maximum Gasteiger partial charge on any atom is 0.115 e. The van der Waals surface area contributed by atoms with E-state index in [4.69, 9.17) is 4.74 Å². The maximum absolute atomic E-state index is 5.39. The number of hydrogen-bond acceptors (Lipinski definition) is 1. The van der Waals surface area contributed by atoms with Crippen LogP contribution < -0.4 is 0 Å². The van der Waals surface area contributed by atoms with Crippen LogP contribution in [0.2, 0.25) is 0 Å². The number of ether oxygens (including phenoxy) is 1. The molecule has 0 bridgehead atoms. The van der Waals surface area contributed by atoms with Gasteiger partial charge in [0.25, 0.3) is 0 Å². The van der Waals surface area contributed by atoms with E-state index in [0.29, 0.717) is 0 Å². The number of aryl methyl sites for hydroxylation is 1. The number of benzene rings is 1. The largest absolute Gasteiger partial charge is 0.365 e. The summed E-state index contributed by atoms with van der Waals surface area (Å²) in [7, 11) is 0. The molecule has 1 aliphatic rings. The van der Waals surface area contributed by atoms with E-state index in [1.807, 2.05) is 0 Å². The van der Waals surface area contributed by atoms with Gasteiger partial charge in [-0.25, -0.2) is 0 Å². The van der Waals surface area contributed by atoms with Crippen LogP contribution in [0.5, 0.6) is 0 Å². The second kappa shape index (κ2) is 2.57. The van der Waals surface area contributed by atoms with Gasteiger partial charge in [0.15, 0.2) is 0 Å². The van der Waals surface area contributed by atoms with Crippen LogP contribution in [-0.2, 0) is 10.3 Å². The number of hydrogen-bond donors (Lipinski definition) is 0. The van der Waals surface area contributed by atoms with Crippen molar-refractivity contribution in [3.63, 3.8) is 0 Å². The zero-order chi connectivity index (χ0) is 8.77. The van der Waals surface area contributed by atoms with E-state index in [1.165, 1.54) is 11.1 Å². The first-order valence-electron chi connectivity index (χ1n) is 4.02. The fourth-order valence-electron chi connectivity index (χ4n) is 1.31. The Kier molecular flexibility index (Phi) is 1.77. The highest BCUT2D eigenvalue weighted by molar-refractivity contribution is 9.10. The van der Waals surface area contributed by atoms with E-state index in [9.17, 15) is 0 Å². The molecule has 1 unspecified atom stereocenters. The summed E-state index contributed by atoms with van der Waals surface area (Å²) in [4.78, 5) is 0.